The molecule has 1 aliphatic rings. The van der Waals surface area contributed by atoms with Crippen molar-refractivity contribution in [2.24, 2.45) is 0 Å². The predicted molar refractivity (Wildman–Crippen MR) is 69.2 cm³/mol. The Hall–Kier alpha value is -0.380. The van der Waals surface area contributed by atoms with Gasteiger partial charge in [0.25, 0.3) is 0 Å². The van der Waals surface area contributed by atoms with Crippen molar-refractivity contribution in [3.05, 3.63) is 21.4 Å². The Labute approximate surface area is 102 Å². The first kappa shape index (κ1) is 12.1. The van der Waals surface area contributed by atoms with Crippen LogP contribution < -0.4 is 5.32 Å². The molecule has 1 aromatic heterocycles. The van der Waals surface area contributed by atoms with Crippen LogP contribution >= 0.6 is 11.3 Å². The minimum atomic E-state index is 0.344. The number of thiophene rings is 1. The molecule has 16 heavy (non-hydrogen) atoms. The molecule has 0 radical (unpaired) electrons. The first-order valence-electron chi connectivity index (χ1n) is 6.01. The summed E-state index contributed by atoms with van der Waals surface area (Å²) in [7, 11) is 2.03. The van der Waals surface area contributed by atoms with Gasteiger partial charge in [0.05, 0.1) is 18.2 Å². The van der Waals surface area contributed by atoms with E-state index in [1.165, 1.54) is 28.2 Å². The van der Waals surface area contributed by atoms with Crippen molar-refractivity contribution in [1.29, 1.82) is 0 Å². The summed E-state index contributed by atoms with van der Waals surface area (Å²) >= 11 is 1.89. The van der Waals surface area contributed by atoms with E-state index in [1.807, 2.05) is 18.4 Å². The SMILES string of the molecule is CNC(c1sc(C)cc1C)C1CCC(C)O1. The van der Waals surface area contributed by atoms with Gasteiger partial charge in [0, 0.05) is 9.75 Å². The Morgan fingerprint density at radius 3 is 2.62 bits per heavy atom. The van der Waals surface area contributed by atoms with Crippen LogP contribution in [0.15, 0.2) is 6.07 Å². The largest absolute Gasteiger partial charge is 0.373 e. The number of hydrogen-bond donors (Lipinski definition) is 1. The van der Waals surface area contributed by atoms with E-state index in [9.17, 15) is 0 Å². The van der Waals surface area contributed by atoms with E-state index in [2.05, 4.69) is 32.2 Å². The van der Waals surface area contributed by atoms with E-state index in [-0.39, 0.29) is 0 Å². The molecule has 0 bridgehead atoms. The summed E-state index contributed by atoms with van der Waals surface area (Å²) in [5, 5.41) is 3.42. The molecule has 0 amide bonds. The van der Waals surface area contributed by atoms with Gasteiger partial charge >= 0.3 is 0 Å². The zero-order chi connectivity index (χ0) is 11.7. The van der Waals surface area contributed by atoms with Crippen LogP contribution in [0.4, 0.5) is 0 Å². The molecule has 0 aromatic carbocycles. The fourth-order valence-corrected chi connectivity index (χ4v) is 3.73. The van der Waals surface area contributed by atoms with Crippen molar-refractivity contribution < 1.29 is 4.74 Å². The quantitative estimate of drug-likeness (QED) is 0.874. The van der Waals surface area contributed by atoms with Gasteiger partial charge in [-0.25, -0.2) is 0 Å². The third kappa shape index (κ3) is 2.31. The molecular weight excluding hydrogens is 218 g/mol. The number of likely N-dealkylation sites (N-methyl/N-ethyl adjacent to an activating group) is 1. The normalized spacial score (nSPS) is 27.2. The monoisotopic (exact) mass is 239 g/mol. The standard InChI is InChI=1S/C13H21NOS/c1-8-7-10(3)16-13(8)12(14-4)11-6-5-9(2)15-11/h7,9,11-12,14H,5-6H2,1-4H3. The minimum absolute atomic E-state index is 0.344. The highest BCUT2D eigenvalue weighted by Crippen LogP contribution is 2.35. The zero-order valence-corrected chi connectivity index (χ0v) is 11.4. The number of ether oxygens (including phenoxy) is 1. The number of rotatable bonds is 3. The summed E-state index contributed by atoms with van der Waals surface area (Å²) in [4.78, 5) is 2.83. The molecule has 0 spiro atoms. The van der Waals surface area contributed by atoms with Gasteiger partial charge in [-0.05, 0) is 52.3 Å². The molecular formula is C13H21NOS. The summed E-state index contributed by atoms with van der Waals surface area (Å²) in [6.07, 6.45) is 3.12. The van der Waals surface area contributed by atoms with Crippen molar-refractivity contribution >= 4 is 11.3 Å². The zero-order valence-electron chi connectivity index (χ0n) is 10.5. The predicted octanol–water partition coefficient (Wildman–Crippen LogP) is 3.19. The molecule has 3 unspecified atom stereocenters. The average Bonchev–Trinajstić information content (AvgIpc) is 2.76. The molecule has 90 valence electrons. The minimum Gasteiger partial charge on any atom is -0.373 e. The highest BCUT2D eigenvalue weighted by molar-refractivity contribution is 7.12. The van der Waals surface area contributed by atoms with Crippen molar-refractivity contribution in [2.75, 3.05) is 7.05 Å². The summed E-state index contributed by atoms with van der Waals surface area (Å²) in [5.41, 5.74) is 1.39. The molecule has 1 saturated heterocycles. The smallest absolute Gasteiger partial charge is 0.0782 e. The van der Waals surface area contributed by atoms with E-state index in [0.717, 1.165) is 0 Å². The van der Waals surface area contributed by atoms with Crippen LogP contribution in [-0.4, -0.2) is 19.3 Å². The Kier molecular flexibility index (Phi) is 3.67. The van der Waals surface area contributed by atoms with Crippen LogP contribution in [0, 0.1) is 13.8 Å². The van der Waals surface area contributed by atoms with Gasteiger partial charge in [-0.1, -0.05) is 0 Å². The van der Waals surface area contributed by atoms with Crippen molar-refractivity contribution in [3.8, 4) is 0 Å². The lowest BCUT2D eigenvalue weighted by Crippen LogP contribution is -2.29. The van der Waals surface area contributed by atoms with Crippen LogP contribution in [0.5, 0.6) is 0 Å². The van der Waals surface area contributed by atoms with Crippen LogP contribution in [0.2, 0.25) is 0 Å². The van der Waals surface area contributed by atoms with Gasteiger partial charge in [-0.2, -0.15) is 0 Å². The maximum absolute atomic E-state index is 5.98. The Morgan fingerprint density at radius 2 is 2.19 bits per heavy atom. The molecule has 3 heteroatoms. The van der Waals surface area contributed by atoms with Crippen LogP contribution in [0.25, 0.3) is 0 Å². The van der Waals surface area contributed by atoms with Crippen molar-refractivity contribution in [3.63, 3.8) is 0 Å². The van der Waals surface area contributed by atoms with Crippen LogP contribution in [0.3, 0.4) is 0 Å². The lowest BCUT2D eigenvalue weighted by atomic mass is 10.0. The van der Waals surface area contributed by atoms with Gasteiger partial charge in [-0.15, -0.1) is 11.3 Å². The number of aryl methyl sites for hydroxylation is 2. The Bertz CT molecular complexity index is 361. The fourth-order valence-electron chi connectivity index (χ4n) is 2.53. The van der Waals surface area contributed by atoms with Crippen LogP contribution in [0.1, 0.15) is 41.1 Å². The lowest BCUT2D eigenvalue weighted by molar-refractivity contribution is 0.0339. The molecule has 2 rings (SSSR count). The highest BCUT2D eigenvalue weighted by atomic mass is 32.1. The van der Waals surface area contributed by atoms with E-state index in [0.29, 0.717) is 18.2 Å². The molecule has 1 aromatic rings. The van der Waals surface area contributed by atoms with Crippen molar-refractivity contribution in [1.82, 2.24) is 5.32 Å². The summed E-state index contributed by atoms with van der Waals surface area (Å²) in [6.45, 7) is 6.53. The van der Waals surface area contributed by atoms with E-state index >= 15 is 0 Å². The summed E-state index contributed by atoms with van der Waals surface area (Å²) in [6, 6.07) is 2.63. The second-order valence-corrected chi connectivity index (χ2v) is 6.02. The van der Waals surface area contributed by atoms with Crippen molar-refractivity contribution in [2.45, 2.75) is 51.9 Å². The fraction of sp³-hybridized carbons (Fsp3) is 0.692. The molecule has 0 saturated carbocycles. The highest BCUT2D eigenvalue weighted by Gasteiger charge is 2.31. The Balaban J connectivity index is 2.19. The second kappa shape index (κ2) is 4.86. The number of hydrogen-bond acceptors (Lipinski definition) is 3. The first-order chi connectivity index (χ1) is 7.61. The van der Waals surface area contributed by atoms with Crippen LogP contribution in [-0.2, 0) is 4.74 Å². The van der Waals surface area contributed by atoms with E-state index in [4.69, 9.17) is 4.74 Å². The van der Waals surface area contributed by atoms with Gasteiger partial charge in [0.1, 0.15) is 0 Å². The topological polar surface area (TPSA) is 21.3 Å². The first-order valence-corrected chi connectivity index (χ1v) is 6.83. The van der Waals surface area contributed by atoms with E-state index < -0.39 is 0 Å². The maximum Gasteiger partial charge on any atom is 0.0782 e. The molecule has 0 aliphatic carbocycles. The van der Waals surface area contributed by atoms with E-state index in [1.54, 1.807) is 0 Å². The van der Waals surface area contributed by atoms with Gasteiger partial charge < -0.3 is 10.1 Å². The summed E-state index contributed by atoms with van der Waals surface area (Å²) < 4.78 is 5.98. The molecule has 1 aliphatic heterocycles. The van der Waals surface area contributed by atoms with Gasteiger partial charge in [-0.3, -0.25) is 0 Å². The average molecular weight is 239 g/mol. The third-order valence-corrected chi connectivity index (χ3v) is 4.55. The molecule has 2 nitrogen and oxygen atoms in total. The maximum atomic E-state index is 5.98. The van der Waals surface area contributed by atoms with Gasteiger partial charge in [0.15, 0.2) is 0 Å². The molecule has 2 heterocycles. The molecule has 1 fully saturated rings. The number of nitrogens with one attached hydrogen (secondary N) is 1. The lowest BCUT2D eigenvalue weighted by Gasteiger charge is -2.23. The Morgan fingerprint density at radius 1 is 1.44 bits per heavy atom. The second-order valence-electron chi connectivity index (χ2n) is 4.73. The molecule has 1 N–H and O–H groups in total. The van der Waals surface area contributed by atoms with Gasteiger partial charge in [0.2, 0.25) is 0 Å². The third-order valence-electron chi connectivity index (χ3n) is 3.31. The molecule has 3 atom stereocenters. The summed E-state index contributed by atoms with van der Waals surface area (Å²) in [5.74, 6) is 0.